The molecule has 0 aliphatic heterocycles. The molecular weight excluding hydrogens is 369 g/mol. The number of hydrogen-bond donors (Lipinski definition) is 1. The summed E-state index contributed by atoms with van der Waals surface area (Å²) in [7, 11) is -7.97. The van der Waals surface area contributed by atoms with Crippen LogP contribution in [-0.4, -0.2) is 8.42 Å². The van der Waals surface area contributed by atoms with Crippen molar-refractivity contribution < 1.29 is 17.5 Å². The number of benzene rings is 3. The molecule has 26 heavy (non-hydrogen) atoms. The normalized spacial score (nSPS) is 13.7. The monoisotopic (exact) mass is 387 g/mol. The van der Waals surface area contributed by atoms with Crippen LogP contribution in [-0.2, 0) is 14.6 Å². The molecule has 0 radical (unpaired) electrons. The summed E-state index contributed by atoms with van der Waals surface area (Å²) in [5.41, 5.74) is 0.927. The Morgan fingerprint density at radius 1 is 0.808 bits per heavy atom. The van der Waals surface area contributed by atoms with Crippen LogP contribution in [0.25, 0.3) is 0 Å². The van der Waals surface area contributed by atoms with Crippen molar-refractivity contribution in [1.29, 1.82) is 0 Å². The van der Waals surface area contributed by atoms with Crippen LogP contribution in [0.5, 0.6) is 5.75 Å². The first-order valence-electron chi connectivity index (χ1n) is 7.90. The fraction of sp³-hybridized carbons (Fsp3) is 0.0526. The highest BCUT2D eigenvalue weighted by Gasteiger charge is 2.34. The van der Waals surface area contributed by atoms with Crippen LogP contribution in [0.3, 0.4) is 0 Å². The van der Waals surface area contributed by atoms with Gasteiger partial charge in [-0.2, -0.15) is 0 Å². The Labute approximate surface area is 153 Å². The van der Waals surface area contributed by atoms with Gasteiger partial charge in [0.05, 0.1) is 10.2 Å². The van der Waals surface area contributed by atoms with E-state index in [1.165, 1.54) is 12.1 Å². The number of rotatable bonds is 6. The van der Waals surface area contributed by atoms with E-state index < -0.39 is 17.5 Å². The summed E-state index contributed by atoms with van der Waals surface area (Å²) in [6.07, 6.45) is 0. The molecule has 0 bridgehead atoms. The highest BCUT2D eigenvalue weighted by molar-refractivity contribution is 7.96. The van der Waals surface area contributed by atoms with Crippen molar-refractivity contribution in [3.05, 3.63) is 90.5 Å². The summed E-state index contributed by atoms with van der Waals surface area (Å²) >= 11 is 0. The predicted molar refractivity (Wildman–Crippen MR) is 102 cm³/mol. The highest BCUT2D eigenvalue weighted by Crippen LogP contribution is 2.43. The maximum absolute atomic E-state index is 13.5. The second kappa shape index (κ2) is 7.46. The summed E-state index contributed by atoms with van der Waals surface area (Å²) in [4.78, 5) is 0.0240. The predicted octanol–water partition coefficient (Wildman–Crippen LogP) is 3.87. The minimum Gasteiger partial charge on any atom is -0.429 e. The van der Waals surface area contributed by atoms with Gasteiger partial charge in [-0.3, -0.25) is 4.57 Å². The van der Waals surface area contributed by atoms with Crippen LogP contribution in [0.15, 0.2) is 89.8 Å². The number of hydrogen-bond acceptors (Lipinski definition) is 4. The first-order valence-corrected chi connectivity index (χ1v) is 11.0. The Kier molecular flexibility index (Phi) is 5.28. The molecule has 5 nitrogen and oxygen atoms in total. The van der Waals surface area contributed by atoms with Crippen LogP contribution in [0, 0.1) is 6.92 Å². The Bertz CT molecular complexity index is 1020. The van der Waals surface area contributed by atoms with E-state index in [0.717, 1.165) is 5.56 Å². The standard InChI is InChI=1S/C19H18NO4PS/c1-16-12-14-19(15-13-16)26(22,23)20-25(21,18-10-6-3-7-11-18)24-17-8-4-2-5-9-17/h2-15H,1H3,(H,20,21). The molecule has 3 aromatic rings. The van der Waals surface area contributed by atoms with Gasteiger partial charge in [-0.15, -0.1) is 4.49 Å². The zero-order valence-corrected chi connectivity index (χ0v) is 15.8. The molecule has 0 fully saturated rings. The number of aryl methyl sites for hydroxylation is 1. The van der Waals surface area contributed by atoms with Gasteiger partial charge in [0.2, 0.25) is 10.0 Å². The zero-order chi connectivity index (χ0) is 18.6. The van der Waals surface area contributed by atoms with E-state index in [0.29, 0.717) is 5.75 Å². The van der Waals surface area contributed by atoms with Crippen molar-refractivity contribution in [2.45, 2.75) is 11.8 Å². The molecule has 7 heteroatoms. The quantitative estimate of drug-likeness (QED) is 0.652. The zero-order valence-electron chi connectivity index (χ0n) is 14.1. The molecule has 134 valence electrons. The molecule has 0 heterocycles. The lowest BCUT2D eigenvalue weighted by Crippen LogP contribution is -2.29. The molecule has 3 aromatic carbocycles. The molecule has 0 saturated heterocycles. The Hall–Kier alpha value is -2.40. The third kappa shape index (κ3) is 4.22. The highest BCUT2D eigenvalue weighted by atomic mass is 32.2. The van der Waals surface area contributed by atoms with Crippen LogP contribution in [0.2, 0.25) is 0 Å². The SMILES string of the molecule is Cc1ccc(S(=O)(=O)NP(=O)(Oc2ccccc2)c2ccccc2)cc1. The van der Waals surface area contributed by atoms with E-state index in [-0.39, 0.29) is 10.2 Å². The maximum atomic E-state index is 13.5. The van der Waals surface area contributed by atoms with Gasteiger partial charge in [0, 0.05) is 0 Å². The van der Waals surface area contributed by atoms with Crippen LogP contribution >= 0.6 is 7.52 Å². The van der Waals surface area contributed by atoms with Crippen LogP contribution < -0.4 is 14.3 Å². The summed E-state index contributed by atoms with van der Waals surface area (Å²) in [5, 5.41) is 0.263. The molecule has 0 saturated carbocycles. The minimum absolute atomic E-state index is 0.0240. The van der Waals surface area contributed by atoms with Gasteiger partial charge < -0.3 is 4.52 Å². The van der Waals surface area contributed by atoms with Gasteiger partial charge in [-0.05, 0) is 43.3 Å². The third-order valence-electron chi connectivity index (χ3n) is 3.64. The lowest BCUT2D eigenvalue weighted by Gasteiger charge is -2.20. The average Bonchev–Trinajstić information content (AvgIpc) is 2.63. The Morgan fingerprint density at radius 3 is 1.92 bits per heavy atom. The molecule has 0 aliphatic carbocycles. The van der Waals surface area contributed by atoms with E-state index in [4.69, 9.17) is 4.52 Å². The van der Waals surface area contributed by atoms with Gasteiger partial charge in [0.15, 0.2) is 0 Å². The largest absolute Gasteiger partial charge is 0.429 e. The molecule has 0 aromatic heterocycles. The maximum Gasteiger partial charge on any atom is 0.360 e. The lowest BCUT2D eigenvalue weighted by atomic mass is 10.2. The van der Waals surface area contributed by atoms with Gasteiger partial charge in [-0.25, -0.2) is 8.42 Å². The average molecular weight is 387 g/mol. The Balaban J connectivity index is 2.01. The summed E-state index contributed by atoms with van der Waals surface area (Å²) in [6.45, 7) is 1.86. The molecule has 0 spiro atoms. The molecular formula is C19H18NO4PS. The third-order valence-corrected chi connectivity index (χ3v) is 7.91. The number of para-hydroxylation sites is 1. The molecule has 1 unspecified atom stereocenters. The summed E-state index contributed by atoms with van der Waals surface area (Å²) in [5.74, 6) is 0.311. The molecule has 0 amide bonds. The van der Waals surface area contributed by atoms with E-state index in [1.807, 2.05) is 6.92 Å². The first kappa shape index (κ1) is 18.4. The topological polar surface area (TPSA) is 72.5 Å². The Morgan fingerprint density at radius 2 is 1.35 bits per heavy atom. The first-order chi connectivity index (χ1) is 12.4. The summed E-state index contributed by atoms with van der Waals surface area (Å²) < 4.78 is 47.0. The van der Waals surface area contributed by atoms with Gasteiger partial charge in [0.25, 0.3) is 0 Å². The van der Waals surface area contributed by atoms with Crippen molar-refractivity contribution in [1.82, 2.24) is 4.49 Å². The smallest absolute Gasteiger partial charge is 0.360 e. The lowest BCUT2D eigenvalue weighted by molar-refractivity contribution is 0.487. The minimum atomic E-state index is -4.04. The van der Waals surface area contributed by atoms with E-state index in [9.17, 15) is 13.0 Å². The fourth-order valence-electron chi connectivity index (χ4n) is 2.31. The van der Waals surface area contributed by atoms with Crippen molar-refractivity contribution in [3.8, 4) is 5.75 Å². The van der Waals surface area contributed by atoms with Crippen molar-refractivity contribution >= 4 is 22.8 Å². The van der Waals surface area contributed by atoms with E-state index in [2.05, 4.69) is 4.49 Å². The second-order valence-corrected chi connectivity index (χ2v) is 9.71. The van der Waals surface area contributed by atoms with E-state index >= 15 is 0 Å². The van der Waals surface area contributed by atoms with Gasteiger partial charge in [-0.1, -0.05) is 54.1 Å². The number of nitrogens with one attached hydrogen (secondary N) is 1. The number of sulfonamides is 1. The molecule has 3 rings (SSSR count). The molecule has 1 N–H and O–H groups in total. The van der Waals surface area contributed by atoms with E-state index in [1.54, 1.807) is 72.8 Å². The van der Waals surface area contributed by atoms with Crippen LogP contribution in [0.4, 0.5) is 0 Å². The van der Waals surface area contributed by atoms with Crippen molar-refractivity contribution in [2.24, 2.45) is 0 Å². The van der Waals surface area contributed by atoms with Crippen molar-refractivity contribution in [3.63, 3.8) is 0 Å². The van der Waals surface area contributed by atoms with Gasteiger partial charge >= 0.3 is 7.52 Å². The molecule has 0 aliphatic rings. The second-order valence-electron chi connectivity index (χ2n) is 5.70. The van der Waals surface area contributed by atoms with Gasteiger partial charge in [0.1, 0.15) is 5.75 Å². The van der Waals surface area contributed by atoms with Crippen LogP contribution in [0.1, 0.15) is 5.56 Å². The van der Waals surface area contributed by atoms with Crippen molar-refractivity contribution in [2.75, 3.05) is 0 Å². The summed E-state index contributed by atoms with van der Waals surface area (Å²) in [6, 6.07) is 23.0. The molecule has 1 atom stereocenters. The fourth-order valence-corrected chi connectivity index (χ4v) is 6.15.